The lowest BCUT2D eigenvalue weighted by Crippen LogP contribution is -2.58. The van der Waals surface area contributed by atoms with E-state index >= 15 is 0 Å². The summed E-state index contributed by atoms with van der Waals surface area (Å²) in [6.07, 6.45) is -2.69. The minimum atomic E-state index is -1.11. The highest BCUT2D eigenvalue weighted by Crippen LogP contribution is 2.33. The summed E-state index contributed by atoms with van der Waals surface area (Å²) in [5, 5.41) is 1.83. The topological polar surface area (TPSA) is 124 Å². The van der Waals surface area contributed by atoms with E-state index in [4.69, 9.17) is 28.4 Å². The number of ether oxygens (including phenoxy) is 6. The Kier molecular flexibility index (Phi) is 9.21. The Morgan fingerprint density at radius 3 is 2.22 bits per heavy atom. The van der Waals surface area contributed by atoms with Gasteiger partial charge in [-0.2, -0.15) is 0 Å². The molecule has 2 rings (SSSR count). The summed E-state index contributed by atoms with van der Waals surface area (Å²) in [4.78, 5) is 47.8. The maximum atomic E-state index is 12.3. The van der Waals surface area contributed by atoms with E-state index < -0.39 is 54.4 Å². The minimum Gasteiger partial charge on any atom is -0.463 e. The second-order valence-corrected chi connectivity index (χ2v) is 7.97. The van der Waals surface area contributed by atoms with Crippen LogP contribution in [0.4, 0.5) is 0 Å². The fourth-order valence-electron chi connectivity index (χ4n) is 3.08. The quantitative estimate of drug-likeness (QED) is 0.241. The van der Waals surface area contributed by atoms with E-state index in [-0.39, 0.29) is 12.4 Å². The van der Waals surface area contributed by atoms with Crippen molar-refractivity contribution in [3.05, 3.63) is 28.1 Å². The fraction of sp³-hybridized carbons (Fsp3) is 0.524. The van der Waals surface area contributed by atoms with Crippen LogP contribution in [0.2, 0.25) is 0 Å². The van der Waals surface area contributed by atoms with Crippen LogP contribution in [0, 0.1) is 5.92 Å². The van der Waals surface area contributed by atoms with Crippen LogP contribution in [0.5, 0.6) is 0 Å². The summed E-state index contributed by atoms with van der Waals surface area (Å²) in [5.41, 5.74) is 0. The highest BCUT2D eigenvalue weighted by Gasteiger charge is 2.49. The molecule has 0 spiro atoms. The van der Waals surface area contributed by atoms with Gasteiger partial charge in [0.2, 0.25) is 12.0 Å². The molecular weight excluding hydrogens is 444 g/mol. The molecular formula is C21H26O10S. The molecule has 0 amide bonds. The van der Waals surface area contributed by atoms with Crippen molar-refractivity contribution >= 4 is 41.3 Å². The number of hydrogen-bond acceptors (Lipinski definition) is 11. The van der Waals surface area contributed by atoms with Gasteiger partial charge < -0.3 is 28.4 Å². The van der Waals surface area contributed by atoms with Gasteiger partial charge in [-0.05, 0) is 11.4 Å². The highest BCUT2D eigenvalue weighted by molar-refractivity contribution is 7.10. The largest absolute Gasteiger partial charge is 0.463 e. The van der Waals surface area contributed by atoms with Crippen LogP contribution in [-0.4, -0.2) is 62.2 Å². The van der Waals surface area contributed by atoms with Gasteiger partial charge in [-0.25, -0.2) is 4.79 Å². The lowest BCUT2D eigenvalue weighted by Gasteiger charge is -2.43. The summed E-state index contributed by atoms with van der Waals surface area (Å²) < 4.78 is 32.3. The number of carbonyl (C=O) groups is 4. The Morgan fingerprint density at radius 2 is 1.69 bits per heavy atom. The molecule has 0 N–H and O–H groups in total. The predicted octanol–water partition coefficient (Wildman–Crippen LogP) is 2.07. The van der Waals surface area contributed by atoms with Crippen molar-refractivity contribution in [2.24, 2.45) is 5.92 Å². The van der Waals surface area contributed by atoms with Crippen LogP contribution in [0.15, 0.2) is 23.3 Å². The standard InChI is InChI=1S/C21H26O10S/c1-11-18(28-13(3)23)19(29-14(4)24)17(10-27-12(2)22)31-21(11)30-16(20(25)26-5)9-15-7-6-8-32-15/h6-9,11,17-19,21H,10H2,1-5H3/b16-9-/t11-,17-,18-,19+,21-/m0/s1. The van der Waals surface area contributed by atoms with E-state index in [2.05, 4.69) is 0 Å². The van der Waals surface area contributed by atoms with Crippen LogP contribution in [-0.2, 0) is 47.6 Å². The van der Waals surface area contributed by atoms with Crippen LogP contribution >= 0.6 is 11.3 Å². The highest BCUT2D eigenvalue weighted by atomic mass is 32.1. The van der Waals surface area contributed by atoms with Crippen molar-refractivity contribution in [3.8, 4) is 0 Å². The van der Waals surface area contributed by atoms with Gasteiger partial charge in [0.1, 0.15) is 18.8 Å². The maximum absolute atomic E-state index is 12.3. The smallest absolute Gasteiger partial charge is 0.373 e. The van der Waals surface area contributed by atoms with Crippen molar-refractivity contribution in [1.29, 1.82) is 0 Å². The molecule has 32 heavy (non-hydrogen) atoms. The third-order valence-corrected chi connectivity index (χ3v) is 5.27. The molecule has 1 aliphatic heterocycles. The van der Waals surface area contributed by atoms with E-state index in [1.54, 1.807) is 19.1 Å². The monoisotopic (exact) mass is 470 g/mol. The molecule has 0 saturated carbocycles. The Morgan fingerprint density at radius 1 is 1.03 bits per heavy atom. The Bertz CT molecular complexity index is 847. The molecule has 1 saturated heterocycles. The molecule has 0 radical (unpaired) electrons. The molecule has 0 aliphatic carbocycles. The van der Waals surface area contributed by atoms with E-state index in [1.807, 2.05) is 5.38 Å². The lowest BCUT2D eigenvalue weighted by atomic mass is 9.92. The van der Waals surface area contributed by atoms with E-state index in [1.165, 1.54) is 45.3 Å². The van der Waals surface area contributed by atoms with Crippen molar-refractivity contribution in [2.45, 2.75) is 52.3 Å². The molecule has 10 nitrogen and oxygen atoms in total. The van der Waals surface area contributed by atoms with Crippen LogP contribution < -0.4 is 0 Å². The Balaban J connectivity index is 2.37. The molecule has 1 aliphatic rings. The number of hydrogen-bond donors (Lipinski definition) is 0. The summed E-state index contributed by atoms with van der Waals surface area (Å²) in [6.45, 7) is 4.97. The van der Waals surface area contributed by atoms with Crippen molar-refractivity contribution in [2.75, 3.05) is 13.7 Å². The first-order valence-corrected chi connectivity index (χ1v) is 10.6. The molecule has 5 atom stereocenters. The average molecular weight is 470 g/mol. The molecule has 1 aromatic rings. The van der Waals surface area contributed by atoms with Gasteiger partial charge in [0.25, 0.3) is 0 Å². The van der Waals surface area contributed by atoms with E-state index in [9.17, 15) is 19.2 Å². The SMILES string of the molecule is COC(=O)/C(=C/c1cccs1)O[C@H]1O[C@@H](COC(C)=O)[C@@H](OC(C)=O)[C@@H](OC(C)=O)[C@@H]1C. The van der Waals surface area contributed by atoms with Gasteiger partial charge in [0.15, 0.2) is 6.10 Å². The third kappa shape index (κ3) is 7.06. The Labute approximate surface area is 189 Å². The van der Waals surface area contributed by atoms with Gasteiger partial charge in [-0.3, -0.25) is 14.4 Å². The van der Waals surface area contributed by atoms with Crippen molar-refractivity contribution in [1.82, 2.24) is 0 Å². The maximum Gasteiger partial charge on any atom is 0.373 e. The molecule has 0 unspecified atom stereocenters. The normalized spacial score (nSPS) is 25.4. The van der Waals surface area contributed by atoms with Crippen LogP contribution in [0.25, 0.3) is 6.08 Å². The minimum absolute atomic E-state index is 0.134. The predicted molar refractivity (Wildman–Crippen MR) is 111 cm³/mol. The fourth-order valence-corrected chi connectivity index (χ4v) is 3.72. The van der Waals surface area contributed by atoms with Gasteiger partial charge in [0, 0.05) is 31.7 Å². The zero-order valence-electron chi connectivity index (χ0n) is 18.4. The molecule has 1 fully saturated rings. The number of esters is 4. The van der Waals surface area contributed by atoms with E-state index in [0.29, 0.717) is 0 Å². The molecule has 0 bridgehead atoms. The van der Waals surface area contributed by atoms with Crippen molar-refractivity contribution in [3.63, 3.8) is 0 Å². The third-order valence-electron chi connectivity index (χ3n) is 4.45. The molecule has 2 heterocycles. The first-order valence-electron chi connectivity index (χ1n) is 9.75. The zero-order valence-corrected chi connectivity index (χ0v) is 19.2. The number of rotatable bonds is 8. The van der Waals surface area contributed by atoms with Gasteiger partial charge in [-0.15, -0.1) is 11.3 Å². The van der Waals surface area contributed by atoms with Gasteiger partial charge in [0.05, 0.1) is 13.0 Å². The second kappa shape index (κ2) is 11.6. The molecule has 0 aromatic carbocycles. The summed E-state index contributed by atoms with van der Waals surface area (Å²) in [6, 6.07) is 3.59. The average Bonchev–Trinajstić information content (AvgIpc) is 3.22. The number of thiophene rings is 1. The first-order chi connectivity index (χ1) is 15.1. The molecule has 1 aromatic heterocycles. The second-order valence-electron chi connectivity index (χ2n) is 6.99. The van der Waals surface area contributed by atoms with Crippen molar-refractivity contribution < 1.29 is 47.6 Å². The van der Waals surface area contributed by atoms with E-state index in [0.717, 1.165) is 4.88 Å². The lowest BCUT2D eigenvalue weighted by molar-refractivity contribution is -0.279. The summed E-state index contributed by atoms with van der Waals surface area (Å²) in [7, 11) is 1.21. The summed E-state index contributed by atoms with van der Waals surface area (Å²) in [5.74, 6) is -3.38. The molecule has 176 valence electrons. The van der Waals surface area contributed by atoms with Gasteiger partial charge in [-0.1, -0.05) is 13.0 Å². The number of methoxy groups -OCH3 is 1. The summed E-state index contributed by atoms with van der Waals surface area (Å²) >= 11 is 1.38. The van der Waals surface area contributed by atoms with Gasteiger partial charge >= 0.3 is 23.9 Å². The first kappa shape index (κ1) is 25.3. The Hall–Kier alpha value is -2.92. The van der Waals surface area contributed by atoms with Crippen LogP contribution in [0.3, 0.4) is 0 Å². The van der Waals surface area contributed by atoms with Crippen LogP contribution in [0.1, 0.15) is 32.6 Å². The number of carbonyl (C=O) groups excluding carboxylic acids is 4. The molecule has 11 heteroatoms. The zero-order chi connectivity index (χ0) is 23.8.